The van der Waals surface area contributed by atoms with Gasteiger partial charge in [-0.15, -0.1) is 0 Å². The molecule has 9 heteroatoms. The first-order valence-electron chi connectivity index (χ1n) is 6.26. The van der Waals surface area contributed by atoms with Gasteiger partial charge in [0, 0.05) is 19.4 Å². The van der Waals surface area contributed by atoms with Crippen LogP contribution in [0.2, 0.25) is 0 Å². The number of aliphatic hydroxyl groups excluding tert-OH is 2. The van der Waals surface area contributed by atoms with Crippen LogP contribution >= 0.6 is 0 Å². The third kappa shape index (κ3) is 1.60. The zero-order valence-corrected chi connectivity index (χ0v) is 10.4. The molecule has 0 aromatic heterocycles. The number of hydrogen-bond donors (Lipinski definition) is 3. The van der Waals surface area contributed by atoms with E-state index in [1.165, 1.54) is 0 Å². The Kier molecular flexibility index (Phi) is 2.79. The van der Waals surface area contributed by atoms with E-state index in [0.717, 1.165) is 4.90 Å². The first-order valence-corrected chi connectivity index (χ1v) is 6.26. The van der Waals surface area contributed by atoms with E-state index in [0.29, 0.717) is 0 Å². The number of amides is 3. The second-order valence-electron chi connectivity index (χ2n) is 5.37. The minimum absolute atomic E-state index is 0.0207. The van der Waals surface area contributed by atoms with Crippen LogP contribution in [0.4, 0.5) is 13.6 Å². The van der Waals surface area contributed by atoms with Crippen molar-refractivity contribution in [2.75, 3.05) is 13.2 Å². The third-order valence-corrected chi connectivity index (χ3v) is 4.24. The van der Waals surface area contributed by atoms with Gasteiger partial charge in [0.05, 0.1) is 12.7 Å². The van der Waals surface area contributed by atoms with Gasteiger partial charge in [0.15, 0.2) is 0 Å². The van der Waals surface area contributed by atoms with E-state index in [9.17, 15) is 23.5 Å². The molecule has 2 heterocycles. The molecule has 1 spiro atoms. The molecule has 0 radical (unpaired) electrons. The highest BCUT2D eigenvalue weighted by atomic mass is 19.3. The third-order valence-electron chi connectivity index (χ3n) is 4.24. The maximum absolute atomic E-state index is 13.7. The molecule has 0 aromatic rings. The standard InChI is InChI=1S/C11H14F2N2O5/c12-11(13)4-10(11)7(18)5(3-16)20-8(10)15-2-1-6(17)14-9(15)19/h5,7-8,16,18H,1-4H2,(H,14,17,19)/t5-,7+,8-,10?/m1/s1. The lowest BCUT2D eigenvalue weighted by molar-refractivity contribution is -0.125. The Bertz CT molecular complexity index is 474. The van der Waals surface area contributed by atoms with E-state index in [4.69, 9.17) is 9.84 Å². The van der Waals surface area contributed by atoms with Gasteiger partial charge < -0.3 is 14.9 Å². The van der Waals surface area contributed by atoms with Crippen molar-refractivity contribution in [3.63, 3.8) is 0 Å². The second-order valence-corrected chi connectivity index (χ2v) is 5.37. The fraction of sp³-hybridized carbons (Fsp3) is 0.818. The van der Waals surface area contributed by atoms with Crippen molar-refractivity contribution >= 4 is 11.9 Å². The lowest BCUT2D eigenvalue weighted by atomic mass is 9.94. The average molecular weight is 292 g/mol. The SMILES string of the molecule is O=C1CCN([C@@H]2O[C@H](CO)[C@H](O)C23CC3(F)F)C(=O)N1. The average Bonchev–Trinajstić information content (AvgIpc) is 2.84. The number of alkyl halides is 2. The number of urea groups is 1. The fourth-order valence-corrected chi connectivity index (χ4v) is 3.05. The topological polar surface area (TPSA) is 99.1 Å². The molecular weight excluding hydrogens is 278 g/mol. The van der Waals surface area contributed by atoms with E-state index >= 15 is 0 Å². The summed E-state index contributed by atoms with van der Waals surface area (Å²) < 4.78 is 32.7. The van der Waals surface area contributed by atoms with Crippen LogP contribution in [0.15, 0.2) is 0 Å². The Hall–Kier alpha value is -1.32. The predicted octanol–water partition coefficient (Wildman–Crippen LogP) is -0.968. The predicted molar refractivity (Wildman–Crippen MR) is 58.6 cm³/mol. The molecule has 3 aliphatic rings. The van der Waals surface area contributed by atoms with Gasteiger partial charge in [0.2, 0.25) is 5.91 Å². The number of halogens is 2. The molecule has 4 atom stereocenters. The molecule has 0 bridgehead atoms. The van der Waals surface area contributed by atoms with Gasteiger partial charge in [0.1, 0.15) is 17.7 Å². The molecule has 0 aromatic carbocycles. The van der Waals surface area contributed by atoms with Crippen LogP contribution in [-0.4, -0.2) is 64.6 Å². The van der Waals surface area contributed by atoms with Crippen LogP contribution in [0, 0.1) is 5.41 Å². The van der Waals surface area contributed by atoms with Crippen LogP contribution in [0.1, 0.15) is 12.8 Å². The minimum atomic E-state index is -3.16. The van der Waals surface area contributed by atoms with E-state index in [2.05, 4.69) is 0 Å². The van der Waals surface area contributed by atoms with Crippen molar-refractivity contribution in [3.8, 4) is 0 Å². The number of ether oxygens (including phenoxy) is 1. The second kappa shape index (κ2) is 4.09. The Balaban J connectivity index is 1.89. The molecule has 2 aliphatic heterocycles. The molecule has 3 fully saturated rings. The summed E-state index contributed by atoms with van der Waals surface area (Å²) in [6.45, 7) is -0.679. The van der Waals surface area contributed by atoms with Gasteiger partial charge in [0.25, 0.3) is 5.92 Å². The van der Waals surface area contributed by atoms with Crippen molar-refractivity contribution < 1.29 is 33.3 Å². The summed E-state index contributed by atoms with van der Waals surface area (Å²) in [5.74, 6) is -3.65. The summed E-state index contributed by atoms with van der Waals surface area (Å²) in [6.07, 6.45) is -4.71. The molecule has 7 nitrogen and oxygen atoms in total. The Morgan fingerprint density at radius 3 is 2.60 bits per heavy atom. The number of rotatable bonds is 2. The molecule has 2 saturated heterocycles. The summed E-state index contributed by atoms with van der Waals surface area (Å²) in [5.41, 5.74) is -1.89. The van der Waals surface area contributed by atoms with Crippen molar-refractivity contribution in [2.24, 2.45) is 5.41 Å². The Labute approximate surface area is 112 Å². The number of nitrogens with zero attached hydrogens (tertiary/aromatic N) is 1. The number of nitrogens with one attached hydrogen (secondary N) is 1. The molecule has 1 unspecified atom stereocenters. The van der Waals surface area contributed by atoms with Crippen molar-refractivity contribution in [3.05, 3.63) is 0 Å². The van der Waals surface area contributed by atoms with Gasteiger partial charge in [-0.2, -0.15) is 0 Å². The van der Waals surface area contributed by atoms with Crippen molar-refractivity contribution in [1.82, 2.24) is 10.2 Å². The molecule has 1 saturated carbocycles. The Morgan fingerprint density at radius 2 is 2.10 bits per heavy atom. The number of hydrogen-bond acceptors (Lipinski definition) is 5. The summed E-state index contributed by atoms with van der Waals surface area (Å²) in [6, 6.07) is -0.820. The maximum Gasteiger partial charge on any atom is 0.326 e. The number of carbonyl (C=O) groups is 2. The zero-order valence-electron chi connectivity index (χ0n) is 10.4. The smallest absolute Gasteiger partial charge is 0.326 e. The van der Waals surface area contributed by atoms with E-state index in [-0.39, 0.29) is 13.0 Å². The highest BCUT2D eigenvalue weighted by molar-refractivity contribution is 5.96. The van der Waals surface area contributed by atoms with Crippen LogP contribution < -0.4 is 5.32 Å². The van der Waals surface area contributed by atoms with E-state index in [1.54, 1.807) is 0 Å². The first-order chi connectivity index (χ1) is 9.33. The molecule has 3 amide bonds. The van der Waals surface area contributed by atoms with Gasteiger partial charge >= 0.3 is 6.03 Å². The molecule has 3 rings (SSSR count). The minimum Gasteiger partial charge on any atom is -0.394 e. The number of aliphatic hydroxyl groups is 2. The molecular formula is C11H14F2N2O5. The van der Waals surface area contributed by atoms with Gasteiger partial charge in [-0.05, 0) is 0 Å². The monoisotopic (exact) mass is 292 g/mol. The van der Waals surface area contributed by atoms with Crippen LogP contribution in [0.3, 0.4) is 0 Å². The quantitative estimate of drug-likeness (QED) is 0.608. The van der Waals surface area contributed by atoms with Crippen LogP contribution in [0.25, 0.3) is 0 Å². The normalized spacial score (nSPS) is 43.0. The fourth-order valence-electron chi connectivity index (χ4n) is 3.05. The number of carbonyl (C=O) groups excluding carboxylic acids is 2. The molecule has 3 N–H and O–H groups in total. The summed E-state index contributed by atoms with van der Waals surface area (Å²) >= 11 is 0. The molecule has 20 heavy (non-hydrogen) atoms. The van der Waals surface area contributed by atoms with Gasteiger partial charge in [-0.25, -0.2) is 13.6 Å². The summed E-state index contributed by atoms with van der Waals surface area (Å²) in [5, 5.41) is 21.1. The van der Waals surface area contributed by atoms with Crippen LogP contribution in [0.5, 0.6) is 0 Å². The lowest BCUT2D eigenvalue weighted by Crippen LogP contribution is -2.56. The van der Waals surface area contributed by atoms with E-state index < -0.39 is 54.7 Å². The first kappa shape index (κ1) is 13.7. The van der Waals surface area contributed by atoms with Gasteiger partial charge in [-0.3, -0.25) is 15.0 Å². The highest BCUT2D eigenvalue weighted by Gasteiger charge is 2.83. The maximum atomic E-state index is 13.7. The van der Waals surface area contributed by atoms with Crippen molar-refractivity contribution in [2.45, 2.75) is 37.2 Å². The van der Waals surface area contributed by atoms with E-state index in [1.807, 2.05) is 5.32 Å². The molecule has 112 valence electrons. The largest absolute Gasteiger partial charge is 0.394 e. The van der Waals surface area contributed by atoms with Crippen molar-refractivity contribution in [1.29, 1.82) is 0 Å². The summed E-state index contributed by atoms with van der Waals surface area (Å²) in [7, 11) is 0. The van der Waals surface area contributed by atoms with Gasteiger partial charge in [-0.1, -0.05) is 0 Å². The Morgan fingerprint density at radius 1 is 1.45 bits per heavy atom. The highest BCUT2D eigenvalue weighted by Crippen LogP contribution is 2.69. The lowest BCUT2D eigenvalue weighted by Gasteiger charge is -2.34. The number of imide groups is 1. The summed E-state index contributed by atoms with van der Waals surface area (Å²) in [4.78, 5) is 23.8. The van der Waals surface area contributed by atoms with Crippen LogP contribution in [-0.2, 0) is 9.53 Å². The molecule has 1 aliphatic carbocycles. The zero-order chi connectivity index (χ0) is 14.7.